The molecule has 1 fully saturated rings. The van der Waals surface area contributed by atoms with Gasteiger partial charge in [-0.3, -0.25) is 14.9 Å². The van der Waals surface area contributed by atoms with Crippen LogP contribution in [0, 0.1) is 0 Å². The Labute approximate surface area is 276 Å². The molecule has 47 heavy (non-hydrogen) atoms. The minimum Gasteiger partial charge on any atom is -0.465 e. The summed E-state index contributed by atoms with van der Waals surface area (Å²) < 4.78 is 11.8. The van der Waals surface area contributed by atoms with E-state index < -0.39 is 30.2 Å². The number of nitrogens with one attached hydrogen (secondary N) is 1. The van der Waals surface area contributed by atoms with Crippen LogP contribution in [0.4, 0.5) is 0 Å². The molecule has 0 radical (unpaired) electrons. The van der Waals surface area contributed by atoms with Crippen LogP contribution >= 0.6 is 0 Å². The van der Waals surface area contributed by atoms with Crippen LogP contribution in [0.2, 0.25) is 0 Å². The number of aryl methyl sites for hydroxylation is 1. The Balaban J connectivity index is 1.30. The number of ether oxygens (including phenoxy) is 2. The maximum atomic E-state index is 14.7. The number of rotatable bonds is 11. The fourth-order valence-corrected chi connectivity index (χ4v) is 7.00. The maximum Gasteiger partial charge on any atom is 0.329 e. The van der Waals surface area contributed by atoms with E-state index in [0.29, 0.717) is 25.7 Å². The summed E-state index contributed by atoms with van der Waals surface area (Å²) in [6, 6.07) is 35.0. The Morgan fingerprint density at radius 1 is 0.830 bits per heavy atom. The molecule has 0 bridgehead atoms. The normalized spacial score (nSPS) is 19.7. The van der Waals surface area contributed by atoms with Crippen LogP contribution in [-0.2, 0) is 36.7 Å². The predicted octanol–water partition coefficient (Wildman–Crippen LogP) is 6.52. The van der Waals surface area contributed by atoms with Crippen LogP contribution in [0.25, 0.3) is 0 Å². The van der Waals surface area contributed by atoms with Crippen molar-refractivity contribution >= 4 is 17.8 Å². The van der Waals surface area contributed by atoms with Gasteiger partial charge < -0.3 is 14.4 Å². The Morgan fingerprint density at radius 2 is 1.45 bits per heavy atom. The maximum absolute atomic E-state index is 14.7. The summed E-state index contributed by atoms with van der Waals surface area (Å²) in [6.07, 6.45) is 2.94. The molecule has 1 N–H and O–H groups in total. The van der Waals surface area contributed by atoms with Crippen LogP contribution in [0.5, 0.6) is 0 Å². The average Bonchev–Trinajstić information content (AvgIpc) is 3.24. The summed E-state index contributed by atoms with van der Waals surface area (Å²) in [7, 11) is 0. The predicted molar refractivity (Wildman–Crippen MR) is 180 cm³/mol. The highest BCUT2D eigenvalue weighted by Crippen LogP contribution is 2.40. The van der Waals surface area contributed by atoms with E-state index in [4.69, 9.17) is 9.47 Å². The van der Waals surface area contributed by atoms with Gasteiger partial charge in [0.05, 0.1) is 18.7 Å². The van der Waals surface area contributed by atoms with Crippen molar-refractivity contribution in [3.63, 3.8) is 0 Å². The first-order valence-electron chi connectivity index (χ1n) is 16.7. The molecule has 0 saturated carbocycles. The first-order valence-corrected chi connectivity index (χ1v) is 16.7. The first kappa shape index (κ1) is 32.2. The molecule has 4 atom stereocenters. The highest BCUT2D eigenvalue weighted by molar-refractivity contribution is 5.90. The Bertz CT molecular complexity index is 1610. The minimum absolute atomic E-state index is 0.196. The molecule has 1 amide bonds. The van der Waals surface area contributed by atoms with Crippen LogP contribution in [0.1, 0.15) is 72.6 Å². The number of piperidine rings is 1. The third kappa shape index (κ3) is 7.47. The molecule has 2 aliphatic heterocycles. The van der Waals surface area contributed by atoms with Crippen molar-refractivity contribution < 1.29 is 23.9 Å². The molecule has 2 heterocycles. The van der Waals surface area contributed by atoms with E-state index in [1.807, 2.05) is 109 Å². The molecule has 0 aromatic heterocycles. The van der Waals surface area contributed by atoms with Crippen molar-refractivity contribution in [2.45, 2.75) is 75.7 Å². The van der Waals surface area contributed by atoms with Gasteiger partial charge in [0, 0.05) is 0 Å². The summed E-state index contributed by atoms with van der Waals surface area (Å²) in [6.45, 7) is 2.03. The lowest BCUT2D eigenvalue weighted by Crippen LogP contribution is -2.57. The quantitative estimate of drug-likeness (QED) is 0.190. The molecule has 4 aromatic carbocycles. The molecule has 0 spiro atoms. The van der Waals surface area contributed by atoms with Crippen molar-refractivity contribution in [1.29, 1.82) is 0 Å². The number of hydrogen-bond acceptors (Lipinski definition) is 6. The van der Waals surface area contributed by atoms with Crippen molar-refractivity contribution in [3.05, 3.63) is 143 Å². The molecular formula is C40H42N2O5. The van der Waals surface area contributed by atoms with Crippen LogP contribution in [0.3, 0.4) is 0 Å². The molecule has 7 heteroatoms. The zero-order chi connectivity index (χ0) is 32.6. The molecule has 4 aromatic rings. The number of fused-ring (bicyclic) bond motifs is 3. The number of carbonyl (C=O) groups excluding carboxylic acids is 3. The third-order valence-electron chi connectivity index (χ3n) is 9.27. The third-order valence-corrected chi connectivity index (χ3v) is 9.27. The lowest BCUT2D eigenvalue weighted by molar-refractivity contribution is -0.163. The molecule has 1 saturated heterocycles. The molecule has 4 unspecified atom stereocenters. The number of nitrogens with zero attached hydrogens (tertiary/aromatic N) is 1. The van der Waals surface area contributed by atoms with E-state index in [2.05, 4.69) is 11.4 Å². The Kier molecular flexibility index (Phi) is 10.4. The SMILES string of the molecule is CCOC(=O)C(CCc1ccccc1)NC1Cc2ccccc2C2CCCC(C(=O)OC(c3ccccc3)c3ccccc3)N2C1=O. The van der Waals surface area contributed by atoms with E-state index >= 15 is 0 Å². The second-order valence-electron chi connectivity index (χ2n) is 12.3. The lowest BCUT2D eigenvalue weighted by atomic mass is 9.89. The molecular weight excluding hydrogens is 588 g/mol. The topological polar surface area (TPSA) is 84.9 Å². The average molecular weight is 631 g/mol. The molecule has 242 valence electrons. The van der Waals surface area contributed by atoms with Crippen LogP contribution < -0.4 is 5.32 Å². The van der Waals surface area contributed by atoms with Gasteiger partial charge in [-0.15, -0.1) is 0 Å². The van der Waals surface area contributed by atoms with Gasteiger partial charge in [0.25, 0.3) is 0 Å². The van der Waals surface area contributed by atoms with Gasteiger partial charge in [-0.05, 0) is 73.3 Å². The van der Waals surface area contributed by atoms with Gasteiger partial charge in [0.2, 0.25) is 5.91 Å². The van der Waals surface area contributed by atoms with Crippen molar-refractivity contribution in [3.8, 4) is 0 Å². The van der Waals surface area contributed by atoms with Crippen molar-refractivity contribution in [2.75, 3.05) is 6.61 Å². The van der Waals surface area contributed by atoms with Crippen LogP contribution in [-0.4, -0.2) is 47.5 Å². The van der Waals surface area contributed by atoms with E-state index in [1.54, 1.807) is 11.8 Å². The number of esters is 2. The van der Waals surface area contributed by atoms with Crippen molar-refractivity contribution in [2.24, 2.45) is 0 Å². The number of carbonyl (C=O) groups is 3. The summed E-state index contributed by atoms with van der Waals surface area (Å²) in [4.78, 5) is 43.9. The van der Waals surface area contributed by atoms with Gasteiger partial charge in [-0.1, -0.05) is 115 Å². The minimum atomic E-state index is -0.767. The smallest absolute Gasteiger partial charge is 0.329 e. The fraction of sp³-hybridized carbons (Fsp3) is 0.325. The van der Waals surface area contributed by atoms with E-state index in [9.17, 15) is 14.4 Å². The lowest BCUT2D eigenvalue weighted by Gasteiger charge is -2.42. The molecule has 6 rings (SSSR count). The summed E-state index contributed by atoms with van der Waals surface area (Å²) in [5, 5.41) is 3.41. The largest absolute Gasteiger partial charge is 0.465 e. The monoisotopic (exact) mass is 630 g/mol. The summed E-state index contributed by atoms with van der Waals surface area (Å²) in [5.74, 6) is -1.00. The Morgan fingerprint density at radius 3 is 2.11 bits per heavy atom. The first-order chi connectivity index (χ1) is 23.0. The molecule has 7 nitrogen and oxygen atoms in total. The second-order valence-corrected chi connectivity index (χ2v) is 12.3. The highest BCUT2D eigenvalue weighted by Gasteiger charge is 2.46. The molecule has 0 aliphatic carbocycles. The van der Waals surface area contributed by atoms with Gasteiger partial charge in [0.15, 0.2) is 6.10 Å². The standard InChI is InChI=1S/C40H42N2O5/c1-2-46-39(44)33(26-25-28-15-6-3-7-16-28)41-34-27-31-21-12-13-22-32(31)35-23-14-24-36(42(35)38(34)43)40(45)47-37(29-17-8-4-9-18-29)30-19-10-5-11-20-30/h3-13,15-22,33-37,41H,2,14,23-27H2,1H3. The number of amides is 1. The van der Waals surface area contributed by atoms with Gasteiger partial charge in [-0.2, -0.15) is 0 Å². The van der Waals surface area contributed by atoms with E-state index in [1.165, 1.54) is 0 Å². The van der Waals surface area contributed by atoms with Gasteiger partial charge >= 0.3 is 11.9 Å². The van der Waals surface area contributed by atoms with E-state index in [-0.39, 0.29) is 24.5 Å². The van der Waals surface area contributed by atoms with E-state index in [0.717, 1.165) is 40.7 Å². The molecule has 2 aliphatic rings. The summed E-state index contributed by atoms with van der Waals surface area (Å²) >= 11 is 0. The van der Waals surface area contributed by atoms with Gasteiger partial charge in [0.1, 0.15) is 12.1 Å². The highest BCUT2D eigenvalue weighted by atomic mass is 16.5. The zero-order valence-corrected chi connectivity index (χ0v) is 26.8. The zero-order valence-electron chi connectivity index (χ0n) is 26.8. The fourth-order valence-electron chi connectivity index (χ4n) is 7.00. The second kappa shape index (κ2) is 15.2. The number of benzene rings is 4. The van der Waals surface area contributed by atoms with Crippen LogP contribution in [0.15, 0.2) is 115 Å². The summed E-state index contributed by atoms with van der Waals surface area (Å²) in [5.41, 5.74) is 4.91. The van der Waals surface area contributed by atoms with Crippen molar-refractivity contribution in [1.82, 2.24) is 10.2 Å². The van der Waals surface area contributed by atoms with Gasteiger partial charge in [-0.25, -0.2) is 4.79 Å². The Hall–Kier alpha value is -4.75. The number of hydrogen-bond donors (Lipinski definition) is 1.